The molecule has 5 heteroatoms. The average Bonchev–Trinajstić information content (AvgIpc) is 2.86. The second-order valence-electron chi connectivity index (χ2n) is 8.13. The van der Waals surface area contributed by atoms with Gasteiger partial charge < -0.3 is 10.4 Å². The predicted molar refractivity (Wildman–Crippen MR) is 90.8 cm³/mol. The van der Waals surface area contributed by atoms with E-state index in [0.29, 0.717) is 12.5 Å². The topological polar surface area (TPSA) is 67.2 Å². The van der Waals surface area contributed by atoms with Gasteiger partial charge in [0, 0.05) is 38.2 Å². The normalized spacial score (nSPS) is 25.1. The van der Waals surface area contributed by atoms with E-state index in [-0.39, 0.29) is 29.8 Å². The van der Waals surface area contributed by atoms with E-state index in [2.05, 4.69) is 31.2 Å². The molecule has 5 nitrogen and oxygen atoms in total. The lowest BCUT2D eigenvalue weighted by atomic mass is 9.68. The Labute approximate surface area is 139 Å². The number of aryl methyl sites for hydroxylation is 1. The molecule has 3 unspecified atom stereocenters. The molecule has 0 radical (unpaired) electrons. The third-order valence-electron chi connectivity index (χ3n) is 4.86. The minimum absolute atomic E-state index is 0.0391. The molecule has 0 aliphatic heterocycles. The van der Waals surface area contributed by atoms with Gasteiger partial charge in [0.1, 0.15) is 0 Å². The first-order chi connectivity index (χ1) is 10.8. The van der Waals surface area contributed by atoms with Crippen LogP contribution in [0, 0.1) is 23.2 Å². The fourth-order valence-corrected chi connectivity index (χ4v) is 4.05. The molecule has 1 amide bonds. The summed E-state index contributed by atoms with van der Waals surface area (Å²) in [6.45, 7) is 7.33. The van der Waals surface area contributed by atoms with Crippen LogP contribution in [-0.4, -0.2) is 33.9 Å². The Morgan fingerprint density at radius 2 is 2.26 bits per heavy atom. The van der Waals surface area contributed by atoms with Crippen molar-refractivity contribution in [2.75, 3.05) is 13.2 Å². The van der Waals surface area contributed by atoms with Crippen molar-refractivity contribution in [1.82, 2.24) is 15.1 Å². The molecule has 1 aliphatic rings. The third-order valence-corrected chi connectivity index (χ3v) is 4.86. The van der Waals surface area contributed by atoms with Crippen molar-refractivity contribution in [3.63, 3.8) is 0 Å². The number of aliphatic hydroxyl groups is 1. The van der Waals surface area contributed by atoms with Crippen LogP contribution in [0.4, 0.5) is 0 Å². The summed E-state index contributed by atoms with van der Waals surface area (Å²) in [4.78, 5) is 12.5. The van der Waals surface area contributed by atoms with Crippen molar-refractivity contribution >= 4 is 5.91 Å². The summed E-state index contributed by atoms with van der Waals surface area (Å²) < 4.78 is 1.76. The summed E-state index contributed by atoms with van der Waals surface area (Å²) in [5.74, 6) is 0.886. The molecule has 0 saturated heterocycles. The van der Waals surface area contributed by atoms with E-state index in [1.807, 2.05) is 19.4 Å². The Bertz CT molecular complexity index is 524. The van der Waals surface area contributed by atoms with Crippen LogP contribution >= 0.6 is 0 Å². The Hall–Kier alpha value is -1.36. The molecular weight excluding hydrogens is 290 g/mol. The minimum Gasteiger partial charge on any atom is -0.396 e. The first-order valence-electron chi connectivity index (χ1n) is 8.65. The van der Waals surface area contributed by atoms with Crippen molar-refractivity contribution < 1.29 is 9.90 Å². The first kappa shape index (κ1) is 18.0. The molecule has 1 fully saturated rings. The Morgan fingerprint density at radius 3 is 2.83 bits per heavy atom. The Balaban J connectivity index is 1.84. The third kappa shape index (κ3) is 5.34. The lowest BCUT2D eigenvalue weighted by Gasteiger charge is -2.38. The number of rotatable bonds is 6. The largest absolute Gasteiger partial charge is 0.396 e. The summed E-state index contributed by atoms with van der Waals surface area (Å²) in [5.41, 5.74) is 1.33. The van der Waals surface area contributed by atoms with Gasteiger partial charge in [0.05, 0.1) is 6.20 Å². The lowest BCUT2D eigenvalue weighted by Crippen LogP contribution is -2.40. The number of amides is 1. The maximum atomic E-state index is 12.5. The summed E-state index contributed by atoms with van der Waals surface area (Å²) in [6, 6.07) is 0. The number of carbonyl (C=O) groups excluding carboxylic acids is 1. The molecule has 130 valence electrons. The van der Waals surface area contributed by atoms with Crippen LogP contribution in [0.1, 0.15) is 45.6 Å². The van der Waals surface area contributed by atoms with Gasteiger partial charge in [-0.15, -0.1) is 0 Å². The molecule has 1 heterocycles. The van der Waals surface area contributed by atoms with E-state index in [1.165, 1.54) is 6.42 Å². The summed E-state index contributed by atoms with van der Waals surface area (Å²) in [5, 5.41) is 16.8. The number of aliphatic hydroxyl groups excluding tert-OH is 1. The van der Waals surface area contributed by atoms with Gasteiger partial charge in [0.25, 0.3) is 0 Å². The summed E-state index contributed by atoms with van der Waals surface area (Å²) >= 11 is 0. The van der Waals surface area contributed by atoms with Gasteiger partial charge in [-0.05, 0) is 42.6 Å². The van der Waals surface area contributed by atoms with Crippen LogP contribution in [0.5, 0.6) is 0 Å². The molecule has 2 rings (SSSR count). The van der Waals surface area contributed by atoms with Gasteiger partial charge >= 0.3 is 0 Å². The second kappa shape index (κ2) is 7.47. The highest BCUT2D eigenvalue weighted by atomic mass is 16.3. The smallest absolute Gasteiger partial charge is 0.223 e. The first-order valence-corrected chi connectivity index (χ1v) is 8.65. The lowest BCUT2D eigenvalue weighted by molar-refractivity contribution is -0.128. The van der Waals surface area contributed by atoms with Crippen LogP contribution in [0.15, 0.2) is 12.4 Å². The average molecular weight is 321 g/mol. The molecule has 23 heavy (non-hydrogen) atoms. The number of nitrogens with zero attached hydrogens (tertiary/aromatic N) is 2. The SMILES string of the molecule is CC1CC(C(=O)NCC(CO)Cc2cnn(C)c2)CC(C)(C)C1. The molecule has 1 aliphatic carbocycles. The summed E-state index contributed by atoms with van der Waals surface area (Å²) in [6.07, 6.45) is 7.62. The predicted octanol–water partition coefficient (Wildman–Crippen LogP) is 2.15. The standard InChI is InChI=1S/C18H31N3O2/c1-13-5-16(8-18(2,3)7-13)17(23)19-9-15(12-22)6-14-10-20-21(4)11-14/h10-11,13,15-16,22H,5-9,12H2,1-4H3,(H,19,23). The molecule has 0 aromatic carbocycles. The highest BCUT2D eigenvalue weighted by Crippen LogP contribution is 2.41. The zero-order valence-electron chi connectivity index (χ0n) is 14.9. The van der Waals surface area contributed by atoms with Gasteiger partial charge in [0.15, 0.2) is 0 Å². The molecule has 1 aromatic rings. The Morgan fingerprint density at radius 1 is 1.52 bits per heavy atom. The number of aromatic nitrogens is 2. The van der Waals surface area contributed by atoms with E-state index in [1.54, 1.807) is 4.68 Å². The van der Waals surface area contributed by atoms with Crippen LogP contribution in [-0.2, 0) is 18.3 Å². The van der Waals surface area contributed by atoms with E-state index in [4.69, 9.17) is 0 Å². The maximum Gasteiger partial charge on any atom is 0.223 e. The number of hydrogen-bond donors (Lipinski definition) is 2. The van der Waals surface area contributed by atoms with E-state index < -0.39 is 0 Å². The fraction of sp³-hybridized carbons (Fsp3) is 0.778. The molecule has 1 saturated carbocycles. The van der Waals surface area contributed by atoms with Gasteiger partial charge in [-0.1, -0.05) is 20.8 Å². The quantitative estimate of drug-likeness (QED) is 0.843. The minimum atomic E-state index is 0.0391. The van der Waals surface area contributed by atoms with Crippen molar-refractivity contribution in [2.24, 2.45) is 30.2 Å². The molecule has 0 spiro atoms. The van der Waals surface area contributed by atoms with E-state index >= 15 is 0 Å². The highest BCUT2D eigenvalue weighted by molar-refractivity contribution is 5.78. The van der Waals surface area contributed by atoms with Crippen LogP contribution in [0.25, 0.3) is 0 Å². The summed E-state index contributed by atoms with van der Waals surface area (Å²) in [7, 11) is 1.88. The second-order valence-corrected chi connectivity index (χ2v) is 8.13. The molecule has 2 N–H and O–H groups in total. The van der Waals surface area contributed by atoms with Crippen molar-refractivity contribution in [2.45, 2.75) is 46.5 Å². The van der Waals surface area contributed by atoms with Gasteiger partial charge in [-0.3, -0.25) is 9.48 Å². The van der Waals surface area contributed by atoms with Crippen molar-refractivity contribution in [1.29, 1.82) is 0 Å². The van der Waals surface area contributed by atoms with Crippen LogP contribution < -0.4 is 5.32 Å². The highest BCUT2D eigenvalue weighted by Gasteiger charge is 2.35. The van der Waals surface area contributed by atoms with Gasteiger partial charge in [-0.2, -0.15) is 5.10 Å². The molecule has 0 bridgehead atoms. The van der Waals surface area contributed by atoms with Crippen molar-refractivity contribution in [3.8, 4) is 0 Å². The maximum absolute atomic E-state index is 12.5. The van der Waals surface area contributed by atoms with E-state index in [0.717, 1.165) is 24.8 Å². The number of hydrogen-bond acceptors (Lipinski definition) is 3. The van der Waals surface area contributed by atoms with E-state index in [9.17, 15) is 9.90 Å². The molecular formula is C18H31N3O2. The number of nitrogens with one attached hydrogen (secondary N) is 1. The van der Waals surface area contributed by atoms with Crippen LogP contribution in [0.3, 0.4) is 0 Å². The van der Waals surface area contributed by atoms with Gasteiger partial charge in [0.2, 0.25) is 5.91 Å². The number of carbonyl (C=O) groups is 1. The van der Waals surface area contributed by atoms with Crippen LogP contribution in [0.2, 0.25) is 0 Å². The molecule has 1 aromatic heterocycles. The van der Waals surface area contributed by atoms with Crippen molar-refractivity contribution in [3.05, 3.63) is 18.0 Å². The Kier molecular flexibility index (Phi) is 5.84. The zero-order chi connectivity index (χ0) is 17.0. The monoisotopic (exact) mass is 321 g/mol. The molecule has 3 atom stereocenters. The van der Waals surface area contributed by atoms with Gasteiger partial charge in [-0.25, -0.2) is 0 Å². The fourth-order valence-electron chi connectivity index (χ4n) is 4.05. The zero-order valence-corrected chi connectivity index (χ0v) is 14.9.